The first kappa shape index (κ1) is 15.1. The van der Waals surface area contributed by atoms with Crippen molar-refractivity contribution in [3.63, 3.8) is 0 Å². The molecule has 0 spiro atoms. The number of hydrogen-bond acceptors (Lipinski definition) is 2. The van der Waals surface area contributed by atoms with E-state index in [2.05, 4.69) is 0 Å². The number of rotatable bonds is 4. The number of ketones is 1. The van der Waals surface area contributed by atoms with Crippen LogP contribution in [0.15, 0.2) is 36.4 Å². The number of Topliss-reactive ketones (excluding diaryl/α,β-unsaturated/α-hetero) is 1. The van der Waals surface area contributed by atoms with Gasteiger partial charge in [-0.15, -0.1) is 0 Å². The van der Waals surface area contributed by atoms with Crippen LogP contribution in [0, 0.1) is 5.82 Å². The molecule has 0 heterocycles. The lowest BCUT2D eigenvalue weighted by molar-refractivity contribution is 0.0919. The average molecular weight is 334 g/mol. The molecule has 0 aliphatic heterocycles. The molecule has 0 aliphatic rings. The predicted molar refractivity (Wildman–Crippen MR) is 77.7 cm³/mol. The molecule has 2 nitrogen and oxygen atoms in total. The van der Waals surface area contributed by atoms with E-state index in [1.165, 1.54) is 30.3 Å². The molecule has 0 aliphatic carbocycles. The van der Waals surface area contributed by atoms with Crippen molar-refractivity contribution in [2.45, 2.75) is 0 Å². The highest BCUT2D eigenvalue weighted by Gasteiger charge is 2.14. The standard InChI is InChI=1S/C14H8Cl3FO2/c15-8-4-5-9(11(17)6-8)12(19)7-20-13-3-1-2-10(16)14(13)18/h1-6H,7H2. The zero-order chi connectivity index (χ0) is 14.7. The molecule has 2 aromatic carbocycles. The summed E-state index contributed by atoms with van der Waals surface area (Å²) < 4.78 is 18.7. The van der Waals surface area contributed by atoms with Crippen molar-refractivity contribution in [1.82, 2.24) is 0 Å². The third-order valence-electron chi connectivity index (χ3n) is 2.51. The van der Waals surface area contributed by atoms with Gasteiger partial charge in [0, 0.05) is 10.6 Å². The van der Waals surface area contributed by atoms with Crippen LogP contribution in [0.5, 0.6) is 5.75 Å². The van der Waals surface area contributed by atoms with E-state index in [1.807, 2.05) is 0 Å². The van der Waals surface area contributed by atoms with Gasteiger partial charge in [-0.3, -0.25) is 4.79 Å². The molecular weight excluding hydrogens is 326 g/mol. The van der Waals surface area contributed by atoms with Gasteiger partial charge >= 0.3 is 0 Å². The van der Waals surface area contributed by atoms with Crippen LogP contribution < -0.4 is 4.74 Å². The topological polar surface area (TPSA) is 26.3 Å². The number of halogens is 4. The fraction of sp³-hybridized carbons (Fsp3) is 0.0714. The fourth-order valence-electron chi connectivity index (χ4n) is 1.53. The van der Waals surface area contributed by atoms with Crippen LogP contribution in [-0.2, 0) is 0 Å². The first-order valence-electron chi connectivity index (χ1n) is 5.54. The molecule has 0 unspecified atom stereocenters. The molecule has 20 heavy (non-hydrogen) atoms. The van der Waals surface area contributed by atoms with Gasteiger partial charge in [-0.2, -0.15) is 0 Å². The highest BCUT2D eigenvalue weighted by Crippen LogP contribution is 2.25. The van der Waals surface area contributed by atoms with Crippen LogP contribution in [0.25, 0.3) is 0 Å². The van der Waals surface area contributed by atoms with Crippen LogP contribution in [0.3, 0.4) is 0 Å². The Morgan fingerprint density at radius 1 is 1.10 bits per heavy atom. The summed E-state index contributed by atoms with van der Waals surface area (Å²) in [6.45, 7) is -0.349. The summed E-state index contributed by atoms with van der Waals surface area (Å²) in [5.41, 5.74) is 0.263. The molecule has 0 bridgehead atoms. The maximum Gasteiger partial charge on any atom is 0.201 e. The van der Waals surface area contributed by atoms with Crippen LogP contribution in [0.4, 0.5) is 4.39 Å². The van der Waals surface area contributed by atoms with Gasteiger partial charge in [-0.05, 0) is 30.3 Å². The molecule has 6 heteroatoms. The molecule has 0 atom stereocenters. The van der Waals surface area contributed by atoms with Crippen molar-refractivity contribution in [3.05, 3.63) is 62.8 Å². The van der Waals surface area contributed by atoms with E-state index in [4.69, 9.17) is 39.5 Å². The van der Waals surface area contributed by atoms with Crippen LogP contribution >= 0.6 is 34.8 Å². The summed E-state index contributed by atoms with van der Waals surface area (Å²) in [4.78, 5) is 11.9. The lowest BCUT2D eigenvalue weighted by Crippen LogP contribution is -2.12. The van der Waals surface area contributed by atoms with Gasteiger partial charge in [0.2, 0.25) is 5.78 Å². The lowest BCUT2D eigenvalue weighted by atomic mass is 10.1. The quantitative estimate of drug-likeness (QED) is 0.732. The second-order valence-electron chi connectivity index (χ2n) is 3.89. The minimum absolute atomic E-state index is 0.0699. The zero-order valence-electron chi connectivity index (χ0n) is 10.00. The molecule has 0 aromatic heterocycles. The Labute approximate surface area is 130 Å². The number of hydrogen-bond donors (Lipinski definition) is 0. The van der Waals surface area contributed by atoms with E-state index in [-0.39, 0.29) is 33.7 Å². The van der Waals surface area contributed by atoms with Crippen molar-refractivity contribution in [3.8, 4) is 5.75 Å². The first-order chi connectivity index (χ1) is 9.49. The van der Waals surface area contributed by atoms with Gasteiger partial charge < -0.3 is 4.74 Å². The highest BCUT2D eigenvalue weighted by molar-refractivity contribution is 6.36. The Kier molecular flexibility index (Phi) is 4.86. The van der Waals surface area contributed by atoms with Crippen LogP contribution in [-0.4, -0.2) is 12.4 Å². The summed E-state index contributed by atoms with van der Waals surface area (Å²) in [6.07, 6.45) is 0. The van der Waals surface area contributed by atoms with E-state index >= 15 is 0 Å². The second kappa shape index (κ2) is 6.44. The molecule has 0 amide bonds. The summed E-state index contributed by atoms with van der Waals surface area (Å²) in [7, 11) is 0. The molecule has 2 aromatic rings. The summed E-state index contributed by atoms with van der Waals surface area (Å²) >= 11 is 17.3. The van der Waals surface area contributed by atoms with E-state index in [0.29, 0.717) is 5.02 Å². The van der Waals surface area contributed by atoms with Gasteiger partial charge in [0.15, 0.2) is 18.2 Å². The maximum absolute atomic E-state index is 13.6. The van der Waals surface area contributed by atoms with Gasteiger partial charge in [-0.1, -0.05) is 40.9 Å². The van der Waals surface area contributed by atoms with Gasteiger partial charge in [-0.25, -0.2) is 4.39 Å². The van der Waals surface area contributed by atoms with Crippen molar-refractivity contribution in [1.29, 1.82) is 0 Å². The molecule has 0 N–H and O–H groups in total. The number of ether oxygens (including phenoxy) is 1. The first-order valence-corrected chi connectivity index (χ1v) is 6.67. The lowest BCUT2D eigenvalue weighted by Gasteiger charge is -2.08. The minimum atomic E-state index is -0.704. The van der Waals surface area contributed by atoms with Gasteiger partial charge in [0.25, 0.3) is 0 Å². The molecule has 0 saturated carbocycles. The van der Waals surface area contributed by atoms with Crippen molar-refractivity contribution in [2.24, 2.45) is 0 Å². The summed E-state index contributed by atoms with van der Waals surface area (Å²) in [6, 6.07) is 8.79. The Morgan fingerprint density at radius 2 is 1.85 bits per heavy atom. The SMILES string of the molecule is O=C(COc1cccc(Cl)c1F)c1ccc(Cl)cc1Cl. The number of benzene rings is 2. The van der Waals surface area contributed by atoms with E-state index in [9.17, 15) is 9.18 Å². The van der Waals surface area contributed by atoms with Gasteiger partial charge in [0.1, 0.15) is 0 Å². The van der Waals surface area contributed by atoms with E-state index in [1.54, 1.807) is 6.07 Å². The van der Waals surface area contributed by atoms with Crippen molar-refractivity contribution < 1.29 is 13.9 Å². The third kappa shape index (κ3) is 3.42. The van der Waals surface area contributed by atoms with Crippen molar-refractivity contribution in [2.75, 3.05) is 6.61 Å². The Hall–Kier alpha value is -1.29. The van der Waals surface area contributed by atoms with Crippen LogP contribution in [0.2, 0.25) is 15.1 Å². The Morgan fingerprint density at radius 3 is 2.55 bits per heavy atom. The monoisotopic (exact) mass is 332 g/mol. The molecule has 104 valence electrons. The summed E-state index contributed by atoms with van der Waals surface area (Å²) in [5.74, 6) is -1.17. The zero-order valence-corrected chi connectivity index (χ0v) is 12.3. The van der Waals surface area contributed by atoms with E-state index in [0.717, 1.165) is 0 Å². The summed E-state index contributed by atoms with van der Waals surface area (Å²) in [5, 5.41) is 0.575. The molecule has 0 radical (unpaired) electrons. The normalized spacial score (nSPS) is 10.4. The van der Waals surface area contributed by atoms with Crippen molar-refractivity contribution >= 4 is 40.6 Å². The second-order valence-corrected chi connectivity index (χ2v) is 5.14. The van der Waals surface area contributed by atoms with Gasteiger partial charge in [0.05, 0.1) is 10.0 Å². The predicted octanol–water partition coefficient (Wildman–Crippen LogP) is 5.05. The molecule has 2 rings (SSSR count). The number of carbonyl (C=O) groups is 1. The third-order valence-corrected chi connectivity index (χ3v) is 3.35. The average Bonchev–Trinajstić information content (AvgIpc) is 2.40. The Bertz CT molecular complexity index is 659. The molecule has 0 saturated heterocycles. The Balaban J connectivity index is 2.11. The smallest absolute Gasteiger partial charge is 0.201 e. The largest absolute Gasteiger partial charge is 0.482 e. The molecular formula is C14H8Cl3FO2. The number of carbonyl (C=O) groups excluding carboxylic acids is 1. The fourth-order valence-corrected chi connectivity index (χ4v) is 2.21. The van der Waals surface area contributed by atoms with E-state index < -0.39 is 5.82 Å². The van der Waals surface area contributed by atoms with Crippen LogP contribution in [0.1, 0.15) is 10.4 Å². The molecule has 0 fully saturated rings. The highest BCUT2D eigenvalue weighted by atomic mass is 35.5. The minimum Gasteiger partial charge on any atom is -0.482 e. The maximum atomic E-state index is 13.6.